The average molecular weight is 480 g/mol. The van der Waals surface area contributed by atoms with E-state index in [1.165, 1.54) is 12.1 Å². The fourth-order valence-corrected chi connectivity index (χ4v) is 5.03. The number of fused-ring (bicyclic) bond motifs is 2. The number of non-ortho nitro benzene ring substituents is 1. The molecule has 0 saturated heterocycles. The lowest BCUT2D eigenvalue weighted by molar-refractivity contribution is -0.384. The SMILES string of the molecule is Cn1cncc1-c1ccc2c(C3=C(c4cn(C)c5cc([N+](=O)[O-])ccc45)C(=O)NC3=O)cn(C)c2c1. The number of imidazole rings is 1. The van der Waals surface area contributed by atoms with Crippen LogP contribution in [0.25, 0.3) is 44.2 Å². The fourth-order valence-electron chi connectivity index (χ4n) is 5.03. The zero-order chi connectivity index (χ0) is 25.3. The van der Waals surface area contributed by atoms with Gasteiger partial charge in [-0.05, 0) is 12.1 Å². The van der Waals surface area contributed by atoms with Crippen LogP contribution in [0.2, 0.25) is 0 Å². The maximum absolute atomic E-state index is 13.1. The third kappa shape index (κ3) is 3.01. The van der Waals surface area contributed by atoms with Crippen LogP contribution in [-0.2, 0) is 30.7 Å². The summed E-state index contributed by atoms with van der Waals surface area (Å²) < 4.78 is 5.58. The molecule has 178 valence electrons. The minimum atomic E-state index is -0.496. The second-order valence-corrected chi connectivity index (χ2v) is 8.92. The summed E-state index contributed by atoms with van der Waals surface area (Å²) in [7, 11) is 5.57. The van der Waals surface area contributed by atoms with Crippen LogP contribution in [0.3, 0.4) is 0 Å². The molecule has 36 heavy (non-hydrogen) atoms. The van der Waals surface area contributed by atoms with Gasteiger partial charge in [-0.25, -0.2) is 4.98 Å². The number of carbonyl (C=O) groups is 2. The van der Waals surface area contributed by atoms with Gasteiger partial charge < -0.3 is 13.7 Å². The van der Waals surface area contributed by atoms with Crippen LogP contribution in [0, 0.1) is 10.1 Å². The van der Waals surface area contributed by atoms with Gasteiger partial charge in [-0.3, -0.25) is 25.0 Å². The number of nitro groups is 1. The number of hydrogen-bond donors (Lipinski definition) is 1. The molecule has 0 unspecified atom stereocenters. The summed E-state index contributed by atoms with van der Waals surface area (Å²) in [6.07, 6.45) is 7.11. The number of nitrogens with one attached hydrogen (secondary N) is 1. The first-order valence-corrected chi connectivity index (χ1v) is 11.1. The predicted molar refractivity (Wildman–Crippen MR) is 135 cm³/mol. The lowest BCUT2D eigenvalue weighted by atomic mass is 9.95. The summed E-state index contributed by atoms with van der Waals surface area (Å²) in [4.78, 5) is 41.2. The number of aromatic nitrogens is 4. The number of amides is 2. The summed E-state index contributed by atoms with van der Waals surface area (Å²) in [5.41, 5.74) is 5.10. The number of aryl methyl sites for hydroxylation is 3. The summed E-state index contributed by atoms with van der Waals surface area (Å²) in [5, 5.41) is 15.2. The lowest BCUT2D eigenvalue weighted by Gasteiger charge is -2.05. The molecule has 1 aliphatic rings. The molecule has 0 bridgehead atoms. The third-order valence-corrected chi connectivity index (χ3v) is 6.76. The van der Waals surface area contributed by atoms with Crippen molar-refractivity contribution in [2.45, 2.75) is 0 Å². The number of imide groups is 1. The van der Waals surface area contributed by atoms with Crippen molar-refractivity contribution in [2.24, 2.45) is 21.1 Å². The molecule has 5 aromatic rings. The number of carbonyl (C=O) groups excluding carboxylic acids is 2. The van der Waals surface area contributed by atoms with Gasteiger partial charge in [-0.15, -0.1) is 0 Å². The molecule has 1 aliphatic heterocycles. The van der Waals surface area contributed by atoms with Crippen molar-refractivity contribution in [3.63, 3.8) is 0 Å². The van der Waals surface area contributed by atoms with E-state index in [0.29, 0.717) is 22.0 Å². The smallest absolute Gasteiger partial charge is 0.271 e. The highest BCUT2D eigenvalue weighted by Gasteiger charge is 2.35. The Hall–Kier alpha value is -4.99. The summed E-state index contributed by atoms with van der Waals surface area (Å²) in [5.74, 6) is -0.971. The van der Waals surface area contributed by atoms with E-state index in [1.807, 2.05) is 47.6 Å². The molecule has 6 rings (SSSR count). The molecule has 1 N–H and O–H groups in total. The highest BCUT2D eigenvalue weighted by Crippen LogP contribution is 2.39. The Bertz CT molecular complexity index is 1820. The normalized spacial score (nSPS) is 13.9. The highest BCUT2D eigenvalue weighted by atomic mass is 16.6. The van der Waals surface area contributed by atoms with Crippen molar-refractivity contribution in [3.05, 3.63) is 82.6 Å². The summed E-state index contributed by atoms with van der Waals surface area (Å²) in [6, 6.07) is 10.4. The summed E-state index contributed by atoms with van der Waals surface area (Å²) in [6.45, 7) is 0. The molecule has 0 spiro atoms. The van der Waals surface area contributed by atoms with E-state index >= 15 is 0 Å². The van der Waals surface area contributed by atoms with E-state index in [9.17, 15) is 19.7 Å². The molecule has 3 aromatic heterocycles. The van der Waals surface area contributed by atoms with E-state index in [1.54, 1.807) is 36.4 Å². The number of benzene rings is 2. The van der Waals surface area contributed by atoms with Crippen molar-refractivity contribution < 1.29 is 14.5 Å². The van der Waals surface area contributed by atoms with E-state index in [2.05, 4.69) is 10.3 Å². The molecule has 2 amide bonds. The van der Waals surface area contributed by atoms with Gasteiger partial charge in [0.25, 0.3) is 17.5 Å². The van der Waals surface area contributed by atoms with Gasteiger partial charge in [0.1, 0.15) is 0 Å². The molecule has 0 radical (unpaired) electrons. The van der Waals surface area contributed by atoms with Crippen molar-refractivity contribution >= 4 is 50.5 Å². The summed E-state index contributed by atoms with van der Waals surface area (Å²) >= 11 is 0. The van der Waals surface area contributed by atoms with Gasteiger partial charge in [0.05, 0.1) is 39.8 Å². The van der Waals surface area contributed by atoms with Crippen LogP contribution in [0.15, 0.2) is 61.3 Å². The van der Waals surface area contributed by atoms with E-state index in [0.717, 1.165) is 22.2 Å². The molecule has 10 heteroatoms. The van der Waals surface area contributed by atoms with Crippen molar-refractivity contribution in [1.29, 1.82) is 0 Å². The first-order chi connectivity index (χ1) is 17.2. The van der Waals surface area contributed by atoms with Crippen molar-refractivity contribution in [2.75, 3.05) is 0 Å². The van der Waals surface area contributed by atoms with Crippen molar-refractivity contribution in [3.8, 4) is 11.3 Å². The predicted octanol–water partition coefficient (Wildman–Crippen LogP) is 3.55. The molecule has 4 heterocycles. The number of nitro benzene ring substituents is 1. The maximum Gasteiger partial charge on any atom is 0.271 e. The molecule has 0 saturated carbocycles. The minimum Gasteiger partial charge on any atom is -0.350 e. The van der Waals surface area contributed by atoms with Gasteiger partial charge in [0, 0.05) is 78.6 Å². The highest BCUT2D eigenvalue weighted by molar-refractivity contribution is 6.50. The molecule has 0 fully saturated rings. The van der Waals surface area contributed by atoms with Gasteiger partial charge in [0.2, 0.25) is 0 Å². The Morgan fingerprint density at radius 3 is 1.97 bits per heavy atom. The monoisotopic (exact) mass is 480 g/mol. The average Bonchev–Trinajstić information content (AvgIpc) is 3.58. The topological polar surface area (TPSA) is 117 Å². The Labute approximate surface area is 204 Å². The van der Waals surface area contributed by atoms with Crippen LogP contribution in [-0.4, -0.2) is 35.4 Å². The molecular formula is C26H20N6O4. The van der Waals surface area contributed by atoms with Gasteiger partial charge >= 0.3 is 0 Å². The second kappa shape index (κ2) is 7.51. The molecule has 10 nitrogen and oxygen atoms in total. The molecule has 0 atom stereocenters. The van der Waals surface area contributed by atoms with E-state index < -0.39 is 16.7 Å². The molecule has 0 aliphatic carbocycles. The van der Waals surface area contributed by atoms with Crippen LogP contribution in [0.1, 0.15) is 11.1 Å². The lowest BCUT2D eigenvalue weighted by Crippen LogP contribution is -2.22. The molecule has 2 aromatic carbocycles. The maximum atomic E-state index is 13.1. The van der Waals surface area contributed by atoms with Crippen molar-refractivity contribution in [1.82, 2.24) is 24.0 Å². The Morgan fingerprint density at radius 1 is 0.833 bits per heavy atom. The number of hydrogen-bond acceptors (Lipinski definition) is 5. The Morgan fingerprint density at radius 2 is 1.42 bits per heavy atom. The minimum absolute atomic E-state index is 0.0466. The second-order valence-electron chi connectivity index (χ2n) is 8.92. The fraction of sp³-hybridized carbons (Fsp3) is 0.115. The zero-order valence-electron chi connectivity index (χ0n) is 19.6. The zero-order valence-corrected chi connectivity index (χ0v) is 19.6. The number of nitrogens with zero attached hydrogens (tertiary/aromatic N) is 5. The standard InChI is InChI=1S/C26H20N6O4/c1-29-11-18(16-6-4-14(8-20(16)29)22-10-27-13-31(22)3)23-24(26(34)28-25(23)33)19-12-30(2)21-9-15(32(35)36)5-7-17(19)21/h4-13H,1-3H3,(H,28,33,34). The van der Waals surface area contributed by atoms with E-state index in [-0.39, 0.29) is 16.8 Å². The van der Waals surface area contributed by atoms with Crippen LogP contribution in [0.5, 0.6) is 0 Å². The van der Waals surface area contributed by atoms with Gasteiger partial charge in [-0.1, -0.05) is 12.1 Å². The van der Waals surface area contributed by atoms with Gasteiger partial charge in [0.15, 0.2) is 0 Å². The number of rotatable bonds is 4. The third-order valence-electron chi connectivity index (χ3n) is 6.76. The van der Waals surface area contributed by atoms with Crippen LogP contribution < -0.4 is 5.32 Å². The van der Waals surface area contributed by atoms with Crippen LogP contribution >= 0.6 is 0 Å². The molecular weight excluding hydrogens is 460 g/mol. The van der Waals surface area contributed by atoms with E-state index in [4.69, 9.17) is 0 Å². The largest absolute Gasteiger partial charge is 0.350 e. The Balaban J connectivity index is 1.59. The first-order valence-electron chi connectivity index (χ1n) is 11.1. The first kappa shape index (κ1) is 21.5. The van der Waals surface area contributed by atoms with Gasteiger partial charge in [-0.2, -0.15) is 0 Å². The Kier molecular flexibility index (Phi) is 4.49. The quantitative estimate of drug-likeness (QED) is 0.240. The van der Waals surface area contributed by atoms with Crippen LogP contribution in [0.4, 0.5) is 5.69 Å².